The number of aliphatic hydroxyl groups excluding tert-OH is 1. The van der Waals surface area contributed by atoms with E-state index in [0.717, 1.165) is 40.5 Å². The number of pyridine rings is 1. The Morgan fingerprint density at radius 3 is 2.73 bits per heavy atom. The van der Waals surface area contributed by atoms with E-state index in [1.807, 2.05) is 11.4 Å². The van der Waals surface area contributed by atoms with Crippen LogP contribution in [-0.2, 0) is 4.79 Å². The number of fused-ring (bicyclic) bond motifs is 3. The molecule has 0 saturated heterocycles. The minimum Gasteiger partial charge on any atom is -0.475 e. The lowest BCUT2D eigenvalue weighted by Gasteiger charge is -2.18. The van der Waals surface area contributed by atoms with E-state index < -0.39 is 18.2 Å². The molecule has 3 aromatic heterocycles. The average molecular weight is 440 g/mol. The van der Waals surface area contributed by atoms with Gasteiger partial charge in [0.25, 0.3) is 0 Å². The van der Waals surface area contributed by atoms with Crippen LogP contribution in [0.1, 0.15) is 50.6 Å². The van der Waals surface area contributed by atoms with Crippen molar-refractivity contribution in [3.63, 3.8) is 0 Å². The van der Waals surface area contributed by atoms with E-state index in [-0.39, 0.29) is 0 Å². The summed E-state index contributed by atoms with van der Waals surface area (Å²) in [6.45, 7) is 1.76. The van der Waals surface area contributed by atoms with Crippen molar-refractivity contribution in [3.05, 3.63) is 23.5 Å². The molecular weight excluding hydrogens is 421 g/mol. The van der Waals surface area contributed by atoms with Crippen LogP contribution in [0.4, 0.5) is 13.2 Å². The zero-order chi connectivity index (χ0) is 22.1. The molecular formula is C19H19F3N4O3S. The molecule has 0 aromatic carbocycles. The van der Waals surface area contributed by atoms with Gasteiger partial charge in [-0.3, -0.25) is 4.98 Å². The minimum atomic E-state index is -5.08. The molecule has 11 heteroatoms. The molecule has 0 aliphatic heterocycles. The van der Waals surface area contributed by atoms with E-state index in [2.05, 4.69) is 20.6 Å². The summed E-state index contributed by atoms with van der Waals surface area (Å²) in [4.78, 5) is 18.0. The van der Waals surface area contributed by atoms with Gasteiger partial charge in [0.05, 0.1) is 28.0 Å². The number of nitriles is 1. The van der Waals surface area contributed by atoms with E-state index in [0.29, 0.717) is 24.2 Å². The highest BCUT2D eigenvalue weighted by Crippen LogP contribution is 2.41. The summed E-state index contributed by atoms with van der Waals surface area (Å²) >= 11 is 1.67. The Kier molecular flexibility index (Phi) is 6.28. The van der Waals surface area contributed by atoms with Gasteiger partial charge >= 0.3 is 12.1 Å². The van der Waals surface area contributed by atoms with Crippen molar-refractivity contribution in [2.45, 2.75) is 50.9 Å². The van der Waals surface area contributed by atoms with Crippen LogP contribution in [0.3, 0.4) is 0 Å². The zero-order valence-corrected chi connectivity index (χ0v) is 16.7. The maximum Gasteiger partial charge on any atom is 0.490 e. The number of rotatable bonds is 3. The van der Waals surface area contributed by atoms with Crippen molar-refractivity contribution < 1.29 is 28.2 Å². The number of aliphatic hydroxyl groups is 1. The summed E-state index contributed by atoms with van der Waals surface area (Å²) in [5.41, 5.74) is 2.91. The van der Waals surface area contributed by atoms with Gasteiger partial charge in [-0.15, -0.1) is 11.3 Å². The standard InChI is InChI=1S/C17H18N4OS.C2HF3O2/c1-10(22)17-20-14-9-19-13-5-7-23-16(13)15(14)21(17)12-3-2-11(8-12)4-6-18;3-2(4,5)1(6)7/h5,7,9-12,22H,2-4,8H2,1H3;(H,6,7)/t10?,11-,12-;/m0./s1. The number of nitrogens with zero attached hydrogens (tertiary/aromatic N) is 4. The van der Waals surface area contributed by atoms with E-state index in [1.54, 1.807) is 24.5 Å². The summed E-state index contributed by atoms with van der Waals surface area (Å²) in [5.74, 6) is -1.59. The monoisotopic (exact) mass is 440 g/mol. The fourth-order valence-corrected chi connectivity index (χ4v) is 4.65. The molecule has 7 nitrogen and oxygen atoms in total. The lowest BCUT2D eigenvalue weighted by Crippen LogP contribution is -2.21. The molecule has 3 aromatic rings. The molecule has 1 fully saturated rings. The fraction of sp³-hybridized carbons (Fsp3) is 0.474. The highest BCUT2D eigenvalue weighted by molar-refractivity contribution is 7.18. The molecule has 0 spiro atoms. The Balaban J connectivity index is 0.000000318. The van der Waals surface area contributed by atoms with Crippen LogP contribution >= 0.6 is 11.3 Å². The SMILES string of the molecule is CC(O)c1nc2cnc3ccsc3c2n1[C@H]1CC[C@@H](CC#N)C1.O=C(O)C(F)(F)F. The number of alkyl halides is 3. The molecule has 1 unspecified atom stereocenters. The number of hydrogen-bond acceptors (Lipinski definition) is 6. The van der Waals surface area contributed by atoms with Crippen LogP contribution in [0.2, 0.25) is 0 Å². The van der Waals surface area contributed by atoms with Gasteiger partial charge in [-0.1, -0.05) is 0 Å². The topological polar surface area (TPSA) is 112 Å². The van der Waals surface area contributed by atoms with Crippen molar-refractivity contribution in [3.8, 4) is 6.07 Å². The van der Waals surface area contributed by atoms with Gasteiger partial charge < -0.3 is 14.8 Å². The molecule has 1 saturated carbocycles. The van der Waals surface area contributed by atoms with Crippen molar-refractivity contribution in [1.82, 2.24) is 14.5 Å². The number of hydrogen-bond donors (Lipinski definition) is 2. The molecule has 3 atom stereocenters. The average Bonchev–Trinajstić information content (AvgIpc) is 3.38. The molecule has 160 valence electrons. The Bertz CT molecular complexity index is 1100. The number of imidazole rings is 1. The van der Waals surface area contributed by atoms with Crippen LogP contribution in [0, 0.1) is 17.2 Å². The summed E-state index contributed by atoms with van der Waals surface area (Å²) in [5, 5.41) is 28.3. The molecule has 0 radical (unpaired) electrons. The second-order valence-electron chi connectivity index (χ2n) is 7.14. The summed E-state index contributed by atoms with van der Waals surface area (Å²) in [7, 11) is 0. The Morgan fingerprint density at radius 2 is 2.13 bits per heavy atom. The highest BCUT2D eigenvalue weighted by atomic mass is 32.1. The minimum absolute atomic E-state index is 0.302. The number of carboxylic acid groups (broad SMARTS) is 1. The third kappa shape index (κ3) is 4.39. The third-order valence-corrected chi connectivity index (χ3v) is 5.94. The third-order valence-electron chi connectivity index (χ3n) is 5.03. The van der Waals surface area contributed by atoms with E-state index in [4.69, 9.17) is 15.2 Å². The first kappa shape index (κ1) is 22.0. The first-order chi connectivity index (χ1) is 14.1. The van der Waals surface area contributed by atoms with Crippen LogP contribution in [0.25, 0.3) is 21.3 Å². The van der Waals surface area contributed by atoms with Crippen molar-refractivity contribution in [2.24, 2.45) is 5.92 Å². The summed E-state index contributed by atoms with van der Waals surface area (Å²) in [6, 6.07) is 4.61. The van der Waals surface area contributed by atoms with E-state index >= 15 is 0 Å². The molecule has 30 heavy (non-hydrogen) atoms. The van der Waals surface area contributed by atoms with Gasteiger partial charge in [-0.2, -0.15) is 18.4 Å². The number of carbonyl (C=O) groups is 1. The number of aromatic nitrogens is 3. The predicted molar refractivity (Wildman–Crippen MR) is 104 cm³/mol. The van der Waals surface area contributed by atoms with E-state index in [1.165, 1.54) is 0 Å². The Hall–Kier alpha value is -2.71. The highest BCUT2D eigenvalue weighted by Gasteiger charge is 2.38. The van der Waals surface area contributed by atoms with E-state index in [9.17, 15) is 18.3 Å². The molecule has 1 aliphatic carbocycles. The lowest BCUT2D eigenvalue weighted by molar-refractivity contribution is -0.192. The predicted octanol–water partition coefficient (Wildman–Crippen LogP) is 4.59. The van der Waals surface area contributed by atoms with Gasteiger partial charge in [0.15, 0.2) is 0 Å². The first-order valence-electron chi connectivity index (χ1n) is 9.22. The van der Waals surface area contributed by atoms with Gasteiger partial charge in [-0.05, 0) is 43.6 Å². The maximum atomic E-state index is 10.6. The van der Waals surface area contributed by atoms with Gasteiger partial charge in [-0.25, -0.2) is 9.78 Å². The second-order valence-corrected chi connectivity index (χ2v) is 8.06. The lowest BCUT2D eigenvalue weighted by atomic mass is 10.1. The van der Waals surface area contributed by atoms with Gasteiger partial charge in [0, 0.05) is 12.5 Å². The van der Waals surface area contributed by atoms with Crippen LogP contribution in [0.15, 0.2) is 17.6 Å². The van der Waals surface area contributed by atoms with Crippen molar-refractivity contribution in [1.29, 1.82) is 5.26 Å². The molecule has 1 aliphatic rings. The fourth-order valence-electron chi connectivity index (χ4n) is 3.76. The van der Waals surface area contributed by atoms with Gasteiger partial charge in [0.1, 0.15) is 17.4 Å². The number of thiophene rings is 1. The Morgan fingerprint density at radius 1 is 1.43 bits per heavy atom. The second kappa shape index (κ2) is 8.57. The van der Waals surface area contributed by atoms with Crippen LogP contribution in [-0.4, -0.2) is 36.9 Å². The van der Waals surface area contributed by atoms with Crippen LogP contribution in [0.5, 0.6) is 0 Å². The normalized spacial score (nSPS) is 20.0. The van der Waals surface area contributed by atoms with Crippen molar-refractivity contribution >= 4 is 38.6 Å². The van der Waals surface area contributed by atoms with Crippen LogP contribution < -0.4 is 0 Å². The molecule has 0 amide bonds. The largest absolute Gasteiger partial charge is 0.490 e. The molecule has 4 rings (SSSR count). The number of halogens is 3. The van der Waals surface area contributed by atoms with Crippen molar-refractivity contribution in [2.75, 3.05) is 0 Å². The first-order valence-corrected chi connectivity index (χ1v) is 10.1. The number of carboxylic acids is 1. The summed E-state index contributed by atoms with van der Waals surface area (Å²) in [6.07, 6.45) is -0.207. The number of aliphatic carboxylic acids is 1. The Labute approximate surface area is 173 Å². The smallest absolute Gasteiger partial charge is 0.475 e. The molecule has 0 bridgehead atoms. The van der Waals surface area contributed by atoms with Gasteiger partial charge in [0.2, 0.25) is 0 Å². The molecule has 2 N–H and O–H groups in total. The summed E-state index contributed by atoms with van der Waals surface area (Å²) < 4.78 is 35.1. The zero-order valence-electron chi connectivity index (χ0n) is 15.9. The maximum absolute atomic E-state index is 10.6. The quantitative estimate of drug-likeness (QED) is 0.616. The molecule has 3 heterocycles.